The Balaban J connectivity index is 1.52. The van der Waals surface area contributed by atoms with E-state index < -0.39 is 0 Å². The van der Waals surface area contributed by atoms with E-state index in [1.807, 2.05) is 37.3 Å². The lowest BCUT2D eigenvalue weighted by atomic mass is 10.1. The number of likely N-dealkylation sites (tertiary alicyclic amines) is 1. The van der Waals surface area contributed by atoms with Gasteiger partial charge in [0.05, 0.1) is 0 Å². The fraction of sp³-hybridized carbons (Fsp3) is 0.524. The van der Waals surface area contributed by atoms with E-state index >= 15 is 0 Å². The Hall–Kier alpha value is -2.14. The number of fused-ring (bicyclic) bond motifs is 1. The molecule has 1 aromatic heterocycles. The first-order valence-corrected chi connectivity index (χ1v) is 9.73. The molecule has 140 valence electrons. The van der Waals surface area contributed by atoms with Crippen LogP contribution in [0.4, 0.5) is 0 Å². The summed E-state index contributed by atoms with van der Waals surface area (Å²) in [5.41, 5.74) is 0.716. The Labute approximate surface area is 155 Å². The third-order valence-electron chi connectivity index (χ3n) is 5.20. The molecule has 1 amide bonds. The van der Waals surface area contributed by atoms with Crippen molar-refractivity contribution in [2.75, 3.05) is 26.2 Å². The lowest BCUT2D eigenvalue weighted by molar-refractivity contribution is -0.121. The number of carbonyl (C=O) groups excluding carboxylic acids is 1. The van der Waals surface area contributed by atoms with Crippen LogP contribution in [0.1, 0.15) is 37.8 Å². The van der Waals surface area contributed by atoms with Crippen LogP contribution in [0.5, 0.6) is 0 Å². The number of nitrogens with one attached hydrogen (secondary N) is 1. The fourth-order valence-electron chi connectivity index (χ4n) is 3.71. The predicted octanol–water partition coefficient (Wildman–Crippen LogP) is 2.69. The van der Waals surface area contributed by atoms with Crippen molar-refractivity contribution in [2.24, 2.45) is 0 Å². The minimum Gasteiger partial charge on any atom is -0.355 e. The number of pyridine rings is 1. The molecule has 5 nitrogen and oxygen atoms in total. The highest BCUT2D eigenvalue weighted by molar-refractivity contribution is 5.82. The van der Waals surface area contributed by atoms with Gasteiger partial charge in [-0.3, -0.25) is 9.59 Å². The number of hydrogen-bond donors (Lipinski definition) is 1. The van der Waals surface area contributed by atoms with Crippen molar-refractivity contribution in [1.29, 1.82) is 0 Å². The SMILES string of the molecule is Cc1cc2ccccc2c(=O)n1CC(=O)NCCCN1CCCCCC1. The third kappa shape index (κ3) is 4.73. The zero-order valence-electron chi connectivity index (χ0n) is 15.7. The van der Waals surface area contributed by atoms with Gasteiger partial charge in [-0.05, 0) is 63.3 Å². The summed E-state index contributed by atoms with van der Waals surface area (Å²) in [4.78, 5) is 27.4. The lowest BCUT2D eigenvalue weighted by Crippen LogP contribution is -2.35. The summed E-state index contributed by atoms with van der Waals surface area (Å²) in [6.07, 6.45) is 6.21. The zero-order valence-corrected chi connectivity index (χ0v) is 15.7. The van der Waals surface area contributed by atoms with E-state index in [1.54, 1.807) is 4.57 Å². The van der Waals surface area contributed by atoms with Crippen molar-refractivity contribution in [1.82, 2.24) is 14.8 Å². The Kier molecular flexibility index (Phi) is 6.45. The first kappa shape index (κ1) is 18.6. The van der Waals surface area contributed by atoms with Crippen molar-refractivity contribution in [3.63, 3.8) is 0 Å². The van der Waals surface area contributed by atoms with Crippen LogP contribution < -0.4 is 10.9 Å². The summed E-state index contributed by atoms with van der Waals surface area (Å²) in [5, 5.41) is 4.54. The van der Waals surface area contributed by atoms with Crippen LogP contribution in [0.25, 0.3) is 10.8 Å². The Morgan fingerprint density at radius 1 is 1.12 bits per heavy atom. The minimum absolute atomic E-state index is 0.0826. The van der Waals surface area contributed by atoms with E-state index in [1.165, 1.54) is 38.8 Å². The number of aromatic nitrogens is 1. The molecule has 0 unspecified atom stereocenters. The van der Waals surface area contributed by atoms with E-state index in [0.29, 0.717) is 11.9 Å². The molecule has 1 aliphatic heterocycles. The van der Waals surface area contributed by atoms with Crippen LogP contribution in [-0.2, 0) is 11.3 Å². The van der Waals surface area contributed by atoms with Crippen molar-refractivity contribution in [2.45, 2.75) is 45.6 Å². The molecule has 0 spiro atoms. The highest BCUT2D eigenvalue weighted by atomic mass is 16.2. The van der Waals surface area contributed by atoms with Crippen molar-refractivity contribution in [3.8, 4) is 0 Å². The second-order valence-corrected chi connectivity index (χ2v) is 7.22. The van der Waals surface area contributed by atoms with E-state index in [4.69, 9.17) is 0 Å². The number of rotatable bonds is 6. The molecule has 0 atom stereocenters. The zero-order chi connectivity index (χ0) is 18.4. The average molecular weight is 355 g/mol. The van der Waals surface area contributed by atoms with E-state index in [9.17, 15) is 9.59 Å². The summed E-state index contributed by atoms with van der Waals surface area (Å²) >= 11 is 0. The molecule has 2 aromatic rings. The molecule has 1 saturated heterocycles. The Bertz CT molecular complexity index is 804. The monoisotopic (exact) mass is 355 g/mol. The highest BCUT2D eigenvalue weighted by Crippen LogP contribution is 2.11. The topological polar surface area (TPSA) is 54.3 Å². The molecule has 0 saturated carbocycles. The molecule has 0 radical (unpaired) electrons. The van der Waals surface area contributed by atoms with Crippen molar-refractivity contribution >= 4 is 16.7 Å². The molecule has 1 aliphatic rings. The third-order valence-corrected chi connectivity index (χ3v) is 5.20. The fourth-order valence-corrected chi connectivity index (χ4v) is 3.71. The van der Waals surface area contributed by atoms with Crippen LogP contribution in [0.2, 0.25) is 0 Å². The van der Waals surface area contributed by atoms with Crippen LogP contribution in [0, 0.1) is 6.92 Å². The van der Waals surface area contributed by atoms with Crippen molar-refractivity contribution in [3.05, 3.63) is 46.4 Å². The Morgan fingerprint density at radius 2 is 1.85 bits per heavy atom. The van der Waals surface area contributed by atoms with Gasteiger partial charge in [0.15, 0.2) is 0 Å². The molecule has 5 heteroatoms. The molecule has 1 N–H and O–H groups in total. The Morgan fingerprint density at radius 3 is 2.62 bits per heavy atom. The minimum atomic E-state index is -0.0969. The van der Waals surface area contributed by atoms with Gasteiger partial charge in [-0.2, -0.15) is 0 Å². The smallest absolute Gasteiger partial charge is 0.259 e. The number of hydrogen-bond acceptors (Lipinski definition) is 3. The molecular weight excluding hydrogens is 326 g/mol. The predicted molar refractivity (Wildman–Crippen MR) is 105 cm³/mol. The largest absolute Gasteiger partial charge is 0.355 e. The lowest BCUT2D eigenvalue weighted by Gasteiger charge is -2.19. The maximum atomic E-state index is 12.6. The molecule has 1 fully saturated rings. The number of carbonyl (C=O) groups is 1. The van der Waals surface area contributed by atoms with Crippen LogP contribution in [-0.4, -0.2) is 41.6 Å². The van der Waals surface area contributed by atoms with Gasteiger partial charge in [0, 0.05) is 17.6 Å². The maximum absolute atomic E-state index is 12.6. The van der Waals surface area contributed by atoms with Crippen LogP contribution in [0.3, 0.4) is 0 Å². The molecule has 0 aliphatic carbocycles. The van der Waals surface area contributed by atoms with Crippen LogP contribution in [0.15, 0.2) is 35.1 Å². The normalized spacial score (nSPS) is 15.7. The number of aryl methyl sites for hydroxylation is 1. The van der Waals surface area contributed by atoms with E-state index in [-0.39, 0.29) is 18.0 Å². The molecule has 1 aromatic carbocycles. The van der Waals surface area contributed by atoms with E-state index in [0.717, 1.165) is 24.0 Å². The summed E-state index contributed by atoms with van der Waals surface area (Å²) in [5.74, 6) is -0.0960. The summed E-state index contributed by atoms with van der Waals surface area (Å²) in [6, 6.07) is 9.47. The number of benzene rings is 1. The summed E-state index contributed by atoms with van der Waals surface area (Å²) in [7, 11) is 0. The summed E-state index contributed by atoms with van der Waals surface area (Å²) in [6.45, 7) is 6.02. The van der Waals surface area contributed by atoms with Gasteiger partial charge in [0.2, 0.25) is 5.91 Å². The van der Waals surface area contributed by atoms with E-state index in [2.05, 4.69) is 10.2 Å². The van der Waals surface area contributed by atoms with Gasteiger partial charge >= 0.3 is 0 Å². The van der Waals surface area contributed by atoms with Gasteiger partial charge in [-0.1, -0.05) is 31.0 Å². The standard InChI is InChI=1S/C21H29N3O2/c1-17-15-18-9-4-5-10-19(18)21(26)24(17)16-20(25)22-11-8-14-23-12-6-2-3-7-13-23/h4-5,9-10,15H,2-3,6-8,11-14,16H2,1H3,(H,22,25). The van der Waals surface area contributed by atoms with Gasteiger partial charge in [0.25, 0.3) is 5.56 Å². The second-order valence-electron chi connectivity index (χ2n) is 7.22. The van der Waals surface area contributed by atoms with Gasteiger partial charge in [-0.25, -0.2) is 0 Å². The molecule has 26 heavy (non-hydrogen) atoms. The van der Waals surface area contributed by atoms with Gasteiger partial charge in [0.1, 0.15) is 6.54 Å². The van der Waals surface area contributed by atoms with Gasteiger partial charge in [-0.15, -0.1) is 0 Å². The maximum Gasteiger partial charge on any atom is 0.259 e. The average Bonchev–Trinajstić information content (AvgIpc) is 2.91. The number of nitrogens with zero attached hydrogens (tertiary/aromatic N) is 2. The van der Waals surface area contributed by atoms with Crippen LogP contribution >= 0.6 is 0 Å². The molecule has 0 bridgehead atoms. The molecular formula is C21H29N3O2. The first-order valence-electron chi connectivity index (χ1n) is 9.73. The molecule has 2 heterocycles. The molecule has 3 rings (SSSR count). The number of amides is 1. The first-order chi connectivity index (χ1) is 12.6. The second kappa shape index (κ2) is 8.99. The quantitative estimate of drug-likeness (QED) is 0.811. The van der Waals surface area contributed by atoms with Gasteiger partial charge < -0.3 is 14.8 Å². The summed E-state index contributed by atoms with van der Waals surface area (Å²) < 4.78 is 1.56. The van der Waals surface area contributed by atoms with Crippen molar-refractivity contribution < 1.29 is 4.79 Å². The highest BCUT2D eigenvalue weighted by Gasteiger charge is 2.11.